The summed E-state index contributed by atoms with van der Waals surface area (Å²) in [7, 11) is 2.10. The Bertz CT molecular complexity index is 378. The Balaban J connectivity index is 2.01. The van der Waals surface area contributed by atoms with E-state index in [0.29, 0.717) is 12.1 Å². The average Bonchev–Trinajstić information content (AvgIpc) is 2.84. The molecule has 1 aliphatic rings. The van der Waals surface area contributed by atoms with Crippen LogP contribution >= 0.6 is 0 Å². The molecule has 4 nitrogen and oxygen atoms in total. The van der Waals surface area contributed by atoms with Crippen LogP contribution in [0.15, 0.2) is 6.33 Å². The maximum atomic E-state index is 4.47. The van der Waals surface area contributed by atoms with Crippen molar-refractivity contribution in [2.75, 3.05) is 7.05 Å². The maximum Gasteiger partial charge on any atom is 0.138 e. The molecule has 1 aliphatic carbocycles. The van der Waals surface area contributed by atoms with E-state index in [9.17, 15) is 0 Å². The lowest BCUT2D eigenvalue weighted by Gasteiger charge is -2.28. The number of nitrogens with one attached hydrogen (secondary N) is 1. The number of hydrogen-bond acceptors (Lipinski definition) is 3. The third kappa shape index (κ3) is 4.05. The minimum Gasteiger partial charge on any atom is -0.316 e. The molecule has 1 aromatic rings. The quantitative estimate of drug-likeness (QED) is 0.898. The lowest BCUT2D eigenvalue weighted by Crippen LogP contribution is -2.37. The first kappa shape index (κ1) is 15.5. The van der Waals surface area contributed by atoms with Crippen LogP contribution in [-0.4, -0.2) is 27.9 Å². The van der Waals surface area contributed by atoms with E-state index in [1.54, 1.807) is 6.33 Å². The summed E-state index contributed by atoms with van der Waals surface area (Å²) in [5.74, 6) is 1.92. The minimum atomic E-state index is 0.391. The first-order valence-corrected chi connectivity index (χ1v) is 8.28. The van der Waals surface area contributed by atoms with Crippen LogP contribution in [0.5, 0.6) is 0 Å². The molecule has 1 saturated carbocycles. The van der Waals surface area contributed by atoms with Crippen LogP contribution in [0.25, 0.3) is 0 Å². The Morgan fingerprint density at radius 3 is 2.45 bits per heavy atom. The normalized spacial score (nSPS) is 19.8. The molecule has 1 aromatic heterocycles. The molecular weight excluding hydrogens is 248 g/mol. The second-order valence-electron chi connectivity index (χ2n) is 6.42. The molecule has 0 radical (unpaired) electrons. The first-order chi connectivity index (χ1) is 9.72. The van der Waals surface area contributed by atoms with Crippen LogP contribution in [-0.2, 0) is 6.42 Å². The van der Waals surface area contributed by atoms with Crippen molar-refractivity contribution < 1.29 is 0 Å². The van der Waals surface area contributed by atoms with Crippen molar-refractivity contribution in [3.63, 3.8) is 0 Å². The molecule has 1 heterocycles. The largest absolute Gasteiger partial charge is 0.316 e. The molecule has 0 saturated heterocycles. The predicted octanol–water partition coefficient (Wildman–Crippen LogP) is 3.35. The van der Waals surface area contributed by atoms with Crippen molar-refractivity contribution in [3.8, 4) is 0 Å². The van der Waals surface area contributed by atoms with E-state index in [-0.39, 0.29) is 0 Å². The highest BCUT2D eigenvalue weighted by atomic mass is 15.3. The van der Waals surface area contributed by atoms with Gasteiger partial charge in [-0.25, -0.2) is 9.67 Å². The van der Waals surface area contributed by atoms with Crippen LogP contribution in [0, 0.1) is 5.92 Å². The van der Waals surface area contributed by atoms with Crippen LogP contribution < -0.4 is 5.32 Å². The Hall–Kier alpha value is -0.900. The van der Waals surface area contributed by atoms with E-state index in [0.717, 1.165) is 18.2 Å². The lowest BCUT2D eigenvalue weighted by atomic mass is 9.84. The highest BCUT2D eigenvalue weighted by Crippen LogP contribution is 2.26. The summed E-state index contributed by atoms with van der Waals surface area (Å²) < 4.78 is 2.06. The zero-order valence-electron chi connectivity index (χ0n) is 13.3. The summed E-state index contributed by atoms with van der Waals surface area (Å²) in [5.41, 5.74) is 0. The van der Waals surface area contributed by atoms with Crippen molar-refractivity contribution in [2.45, 2.75) is 77.3 Å². The third-order valence-electron chi connectivity index (χ3n) is 4.63. The standard InChI is InChI=1S/C16H30N4/c1-13(2)20-16(18-12-19-20)11-15(17-3)14-9-7-5-4-6-8-10-14/h12-15,17H,4-11H2,1-3H3. The molecule has 0 amide bonds. The van der Waals surface area contributed by atoms with Gasteiger partial charge in [0.25, 0.3) is 0 Å². The van der Waals surface area contributed by atoms with E-state index in [1.165, 1.54) is 44.9 Å². The summed E-state index contributed by atoms with van der Waals surface area (Å²) in [6, 6.07) is 0.928. The Kier molecular flexibility index (Phi) is 6.02. The van der Waals surface area contributed by atoms with Crippen molar-refractivity contribution in [3.05, 3.63) is 12.2 Å². The average molecular weight is 278 g/mol. The summed E-state index contributed by atoms with van der Waals surface area (Å²) in [4.78, 5) is 4.47. The van der Waals surface area contributed by atoms with Gasteiger partial charge in [-0.1, -0.05) is 32.1 Å². The molecule has 1 atom stereocenters. The van der Waals surface area contributed by atoms with Gasteiger partial charge < -0.3 is 5.32 Å². The Labute approximate surface area is 123 Å². The second kappa shape index (κ2) is 7.77. The fraction of sp³-hybridized carbons (Fsp3) is 0.875. The Morgan fingerprint density at radius 1 is 1.20 bits per heavy atom. The SMILES string of the molecule is CNC(Cc1ncnn1C(C)C)C1CCCCCCC1. The van der Waals surface area contributed by atoms with E-state index in [4.69, 9.17) is 0 Å². The van der Waals surface area contributed by atoms with Gasteiger partial charge in [-0.15, -0.1) is 0 Å². The molecule has 114 valence electrons. The molecule has 0 bridgehead atoms. The lowest BCUT2D eigenvalue weighted by molar-refractivity contribution is 0.287. The zero-order chi connectivity index (χ0) is 14.4. The maximum absolute atomic E-state index is 4.47. The van der Waals surface area contributed by atoms with Gasteiger partial charge >= 0.3 is 0 Å². The molecule has 1 N–H and O–H groups in total. The highest BCUT2D eigenvalue weighted by molar-refractivity contribution is 4.93. The van der Waals surface area contributed by atoms with Gasteiger partial charge in [0.15, 0.2) is 0 Å². The number of likely N-dealkylation sites (N-methyl/N-ethyl adjacent to an activating group) is 1. The highest BCUT2D eigenvalue weighted by Gasteiger charge is 2.23. The molecule has 1 unspecified atom stereocenters. The summed E-state index contributed by atoms with van der Waals surface area (Å²) in [6.45, 7) is 4.34. The number of hydrogen-bond donors (Lipinski definition) is 1. The number of rotatable bonds is 5. The number of aromatic nitrogens is 3. The topological polar surface area (TPSA) is 42.7 Å². The van der Waals surface area contributed by atoms with Gasteiger partial charge in [0.05, 0.1) is 0 Å². The van der Waals surface area contributed by atoms with Crippen molar-refractivity contribution in [1.82, 2.24) is 20.1 Å². The molecule has 0 aromatic carbocycles. The zero-order valence-corrected chi connectivity index (χ0v) is 13.3. The van der Waals surface area contributed by atoms with Crippen molar-refractivity contribution in [1.29, 1.82) is 0 Å². The van der Waals surface area contributed by atoms with Gasteiger partial charge in [0.2, 0.25) is 0 Å². The van der Waals surface area contributed by atoms with Gasteiger partial charge in [-0.2, -0.15) is 5.10 Å². The van der Waals surface area contributed by atoms with E-state index >= 15 is 0 Å². The smallest absolute Gasteiger partial charge is 0.138 e. The molecule has 4 heteroatoms. The summed E-state index contributed by atoms with van der Waals surface area (Å²) >= 11 is 0. The van der Waals surface area contributed by atoms with Gasteiger partial charge in [-0.3, -0.25) is 0 Å². The fourth-order valence-corrected chi connectivity index (χ4v) is 3.44. The molecule has 0 spiro atoms. The summed E-state index contributed by atoms with van der Waals surface area (Å²) in [5, 5.41) is 7.90. The second-order valence-corrected chi connectivity index (χ2v) is 6.42. The van der Waals surface area contributed by atoms with E-state index < -0.39 is 0 Å². The van der Waals surface area contributed by atoms with E-state index in [2.05, 4.69) is 41.0 Å². The van der Waals surface area contributed by atoms with Crippen LogP contribution in [0.4, 0.5) is 0 Å². The van der Waals surface area contributed by atoms with Gasteiger partial charge in [-0.05, 0) is 39.7 Å². The monoisotopic (exact) mass is 278 g/mol. The van der Waals surface area contributed by atoms with Crippen molar-refractivity contribution in [2.24, 2.45) is 5.92 Å². The molecule has 1 fully saturated rings. The van der Waals surface area contributed by atoms with Crippen LogP contribution in [0.3, 0.4) is 0 Å². The Morgan fingerprint density at radius 2 is 1.85 bits per heavy atom. The third-order valence-corrected chi connectivity index (χ3v) is 4.63. The summed E-state index contributed by atoms with van der Waals surface area (Å²) in [6.07, 6.45) is 12.4. The minimum absolute atomic E-state index is 0.391. The molecule has 20 heavy (non-hydrogen) atoms. The molecule has 2 rings (SSSR count). The first-order valence-electron chi connectivity index (χ1n) is 8.28. The molecule has 0 aliphatic heterocycles. The van der Waals surface area contributed by atoms with E-state index in [1.807, 2.05) is 0 Å². The van der Waals surface area contributed by atoms with Crippen LogP contribution in [0.2, 0.25) is 0 Å². The van der Waals surface area contributed by atoms with Gasteiger partial charge in [0, 0.05) is 18.5 Å². The number of nitrogens with zero attached hydrogens (tertiary/aromatic N) is 3. The molecular formula is C16H30N4. The van der Waals surface area contributed by atoms with Crippen LogP contribution in [0.1, 0.15) is 70.7 Å². The van der Waals surface area contributed by atoms with Crippen molar-refractivity contribution >= 4 is 0 Å². The predicted molar refractivity (Wildman–Crippen MR) is 82.8 cm³/mol. The fourth-order valence-electron chi connectivity index (χ4n) is 3.44. The van der Waals surface area contributed by atoms with Gasteiger partial charge in [0.1, 0.15) is 12.2 Å².